The molecule has 0 spiro atoms. The number of non-ortho nitro benzene ring substituents is 1. The smallest absolute Gasteiger partial charge is 0.269 e. The minimum Gasteiger partial charge on any atom is -0.368 e. The number of nitro groups is 1. The van der Waals surface area contributed by atoms with Gasteiger partial charge in [0.1, 0.15) is 0 Å². The second-order valence-corrected chi connectivity index (χ2v) is 4.96. The van der Waals surface area contributed by atoms with Crippen LogP contribution in [0.5, 0.6) is 0 Å². The van der Waals surface area contributed by atoms with E-state index >= 15 is 0 Å². The van der Waals surface area contributed by atoms with E-state index in [9.17, 15) is 14.9 Å². The van der Waals surface area contributed by atoms with E-state index in [1.165, 1.54) is 24.3 Å². The first kappa shape index (κ1) is 18.6. The fourth-order valence-corrected chi connectivity index (χ4v) is 1.19. The predicted molar refractivity (Wildman–Crippen MR) is 74.2 cm³/mol. The Labute approximate surface area is 125 Å². The number of aliphatic hydroxyl groups is 2. The van der Waals surface area contributed by atoms with Crippen molar-refractivity contribution in [3.05, 3.63) is 39.9 Å². The Morgan fingerprint density at radius 3 is 2.05 bits per heavy atom. The number of amides is 1. The summed E-state index contributed by atoms with van der Waals surface area (Å²) < 4.78 is -1.87. The summed E-state index contributed by atoms with van der Waals surface area (Å²) in [6.07, 6.45) is -0.699. The number of primary amides is 1. The summed E-state index contributed by atoms with van der Waals surface area (Å²) in [7, 11) is 0. The van der Waals surface area contributed by atoms with Crippen molar-refractivity contribution in [1.82, 2.24) is 0 Å². The van der Waals surface area contributed by atoms with E-state index in [2.05, 4.69) is 0 Å². The average molecular weight is 325 g/mol. The van der Waals surface area contributed by atoms with Gasteiger partial charge in [0.15, 0.2) is 6.29 Å². The summed E-state index contributed by atoms with van der Waals surface area (Å²) in [5.74, 6) is -0.931. The summed E-state index contributed by atoms with van der Waals surface area (Å²) >= 11 is 11.3. The second kappa shape index (κ2) is 8.01. The Morgan fingerprint density at radius 1 is 1.40 bits per heavy atom. The van der Waals surface area contributed by atoms with E-state index in [0.717, 1.165) is 0 Å². The van der Waals surface area contributed by atoms with Gasteiger partial charge in [-0.05, 0) is 24.1 Å². The van der Waals surface area contributed by atoms with Crippen molar-refractivity contribution >= 4 is 34.8 Å². The SMILES string of the molecule is CCC(O)O.NC(=O)C(Cl)(Cl)c1ccc([N+](=O)[O-])cc1. The van der Waals surface area contributed by atoms with Crippen molar-refractivity contribution in [1.29, 1.82) is 0 Å². The van der Waals surface area contributed by atoms with Crippen LogP contribution in [0.4, 0.5) is 5.69 Å². The number of carbonyl (C=O) groups excluding carboxylic acids is 1. The molecule has 0 unspecified atom stereocenters. The zero-order chi connectivity index (χ0) is 15.9. The van der Waals surface area contributed by atoms with Crippen molar-refractivity contribution in [3.8, 4) is 0 Å². The molecule has 7 nitrogen and oxygen atoms in total. The quantitative estimate of drug-likeness (QED) is 0.334. The third-order valence-corrected chi connectivity index (χ3v) is 2.92. The molecule has 0 aliphatic carbocycles. The highest BCUT2D eigenvalue weighted by atomic mass is 35.5. The molecule has 1 amide bonds. The lowest BCUT2D eigenvalue weighted by Gasteiger charge is -2.14. The molecule has 0 fully saturated rings. The fourth-order valence-electron chi connectivity index (χ4n) is 0.935. The molecular formula is C11H14Cl2N2O5. The normalized spacial score (nSPS) is 10.7. The molecule has 0 aliphatic rings. The predicted octanol–water partition coefficient (Wildman–Crippen LogP) is 1.42. The van der Waals surface area contributed by atoms with Crippen LogP contribution in [0.1, 0.15) is 18.9 Å². The van der Waals surface area contributed by atoms with Crippen molar-refractivity contribution < 1.29 is 19.9 Å². The minimum absolute atomic E-state index is 0.118. The van der Waals surface area contributed by atoms with Crippen molar-refractivity contribution in [2.24, 2.45) is 5.73 Å². The lowest BCUT2D eigenvalue weighted by molar-refractivity contribution is -0.384. The van der Waals surface area contributed by atoms with Gasteiger partial charge >= 0.3 is 0 Å². The number of alkyl halides is 2. The first-order valence-electron chi connectivity index (χ1n) is 5.41. The highest BCUT2D eigenvalue weighted by Crippen LogP contribution is 2.34. The van der Waals surface area contributed by atoms with E-state index in [1.807, 2.05) is 0 Å². The molecule has 112 valence electrons. The number of nitro benzene ring substituents is 1. The molecule has 0 aromatic heterocycles. The molecule has 9 heteroatoms. The van der Waals surface area contributed by atoms with Crippen molar-refractivity contribution in [2.75, 3.05) is 0 Å². The monoisotopic (exact) mass is 324 g/mol. The first-order valence-corrected chi connectivity index (χ1v) is 6.17. The lowest BCUT2D eigenvalue weighted by Crippen LogP contribution is -2.30. The van der Waals surface area contributed by atoms with Crippen LogP contribution in [0, 0.1) is 10.1 Å². The van der Waals surface area contributed by atoms with E-state index in [0.29, 0.717) is 6.42 Å². The molecule has 0 aliphatic heterocycles. The molecule has 0 saturated heterocycles. The molecule has 0 bridgehead atoms. The minimum atomic E-state index is -1.87. The van der Waals surface area contributed by atoms with E-state index in [-0.39, 0.29) is 11.3 Å². The van der Waals surface area contributed by atoms with Gasteiger partial charge in [-0.15, -0.1) is 0 Å². The van der Waals surface area contributed by atoms with E-state index < -0.39 is 21.5 Å². The Hall–Kier alpha value is -1.41. The highest BCUT2D eigenvalue weighted by Gasteiger charge is 2.33. The summed E-state index contributed by atoms with van der Waals surface area (Å²) in [5.41, 5.74) is 5.04. The Bertz CT molecular complexity index is 462. The van der Waals surface area contributed by atoms with Crippen LogP contribution in [0.25, 0.3) is 0 Å². The van der Waals surface area contributed by atoms with Gasteiger partial charge in [0.05, 0.1) is 4.92 Å². The molecular weight excluding hydrogens is 311 g/mol. The summed E-state index contributed by atoms with van der Waals surface area (Å²) in [6.45, 7) is 1.70. The fraction of sp³-hybridized carbons (Fsp3) is 0.364. The third kappa shape index (κ3) is 5.70. The third-order valence-electron chi connectivity index (χ3n) is 2.12. The van der Waals surface area contributed by atoms with Gasteiger partial charge in [-0.1, -0.05) is 30.1 Å². The number of halogens is 2. The molecule has 0 radical (unpaired) electrons. The number of hydrogen-bond donors (Lipinski definition) is 3. The van der Waals surface area contributed by atoms with Gasteiger partial charge in [0.2, 0.25) is 4.33 Å². The molecule has 0 saturated carbocycles. The number of carbonyl (C=O) groups is 1. The maximum atomic E-state index is 10.9. The Morgan fingerprint density at radius 2 is 1.80 bits per heavy atom. The number of benzene rings is 1. The lowest BCUT2D eigenvalue weighted by atomic mass is 10.1. The van der Waals surface area contributed by atoms with Crippen LogP contribution in [0.3, 0.4) is 0 Å². The average Bonchev–Trinajstić information content (AvgIpc) is 2.39. The van der Waals surface area contributed by atoms with Crippen LogP contribution in [0.15, 0.2) is 24.3 Å². The van der Waals surface area contributed by atoms with Crippen LogP contribution < -0.4 is 5.73 Å². The number of nitrogens with zero attached hydrogens (tertiary/aromatic N) is 1. The van der Waals surface area contributed by atoms with Gasteiger partial charge in [-0.3, -0.25) is 14.9 Å². The zero-order valence-corrected chi connectivity index (χ0v) is 12.0. The maximum absolute atomic E-state index is 10.9. The van der Waals surface area contributed by atoms with Gasteiger partial charge in [0, 0.05) is 12.1 Å². The second-order valence-electron chi connectivity index (χ2n) is 3.63. The van der Waals surface area contributed by atoms with E-state index in [4.69, 9.17) is 39.1 Å². The molecule has 20 heavy (non-hydrogen) atoms. The molecule has 4 N–H and O–H groups in total. The molecule has 0 heterocycles. The summed E-state index contributed by atoms with van der Waals surface area (Å²) in [5, 5.41) is 26.2. The Kier molecular flexibility index (Phi) is 7.44. The van der Waals surface area contributed by atoms with Crippen LogP contribution in [-0.2, 0) is 9.13 Å². The zero-order valence-electron chi connectivity index (χ0n) is 10.5. The van der Waals surface area contributed by atoms with Gasteiger partial charge in [-0.25, -0.2) is 0 Å². The van der Waals surface area contributed by atoms with Crippen LogP contribution in [0.2, 0.25) is 0 Å². The molecule has 1 rings (SSSR count). The first-order chi connectivity index (χ1) is 9.12. The van der Waals surface area contributed by atoms with Crippen molar-refractivity contribution in [2.45, 2.75) is 24.0 Å². The van der Waals surface area contributed by atoms with Gasteiger partial charge in [-0.2, -0.15) is 0 Å². The Balaban J connectivity index is 0.000000621. The molecule has 1 aromatic carbocycles. The number of nitrogens with two attached hydrogens (primary N) is 1. The number of hydrogen-bond acceptors (Lipinski definition) is 5. The number of rotatable bonds is 4. The molecule has 1 aromatic rings. The highest BCUT2D eigenvalue weighted by molar-refractivity contribution is 6.57. The summed E-state index contributed by atoms with van der Waals surface area (Å²) in [6, 6.07) is 4.95. The van der Waals surface area contributed by atoms with Crippen molar-refractivity contribution in [3.63, 3.8) is 0 Å². The standard InChI is InChI=1S/C8H6Cl2N2O3.C3H8O2/c9-8(10,7(11)13)5-1-3-6(4-2-5)12(14)15;1-2-3(4)5/h1-4H,(H2,11,13);3-5H,2H2,1H3. The topological polar surface area (TPSA) is 127 Å². The van der Waals surface area contributed by atoms with Crippen LogP contribution >= 0.6 is 23.2 Å². The maximum Gasteiger partial charge on any atom is 0.269 e. The van der Waals surface area contributed by atoms with Gasteiger partial charge in [0.25, 0.3) is 11.6 Å². The van der Waals surface area contributed by atoms with E-state index in [1.54, 1.807) is 6.92 Å². The van der Waals surface area contributed by atoms with Gasteiger partial charge < -0.3 is 15.9 Å². The summed E-state index contributed by atoms with van der Waals surface area (Å²) in [4.78, 5) is 20.6. The largest absolute Gasteiger partial charge is 0.368 e. The number of aliphatic hydroxyl groups excluding tert-OH is 1. The molecule has 0 atom stereocenters. The van der Waals surface area contributed by atoms with Crippen LogP contribution in [-0.4, -0.2) is 27.3 Å².